The van der Waals surface area contributed by atoms with Crippen molar-refractivity contribution in [3.05, 3.63) is 54.4 Å². The maximum Gasteiger partial charge on any atom is 0.234 e. The zero-order valence-corrected chi connectivity index (χ0v) is 11.4. The zero-order chi connectivity index (χ0) is 13.9. The van der Waals surface area contributed by atoms with E-state index in [0.29, 0.717) is 0 Å². The second-order valence-electron chi connectivity index (χ2n) is 4.96. The fraction of sp³-hybridized carbons (Fsp3) is 0.250. The number of anilines is 2. The molecule has 1 aliphatic rings. The molecule has 1 unspecified atom stereocenters. The maximum absolute atomic E-state index is 12.7. The summed E-state index contributed by atoms with van der Waals surface area (Å²) in [6.07, 6.45) is 4.23. The van der Waals surface area contributed by atoms with E-state index in [1.165, 1.54) is 0 Å². The summed E-state index contributed by atoms with van der Waals surface area (Å²) in [6.45, 7) is 0.831. The van der Waals surface area contributed by atoms with Crippen LogP contribution in [0.15, 0.2) is 48.8 Å². The molecule has 1 N–H and O–H groups in total. The second-order valence-corrected chi connectivity index (χ2v) is 4.96. The Morgan fingerprint density at radius 2 is 2.00 bits per heavy atom. The van der Waals surface area contributed by atoms with Gasteiger partial charge in [0.1, 0.15) is 0 Å². The lowest BCUT2D eigenvalue weighted by atomic mass is 9.90. The molecule has 1 aromatic carbocycles. The van der Waals surface area contributed by atoms with Gasteiger partial charge in [0.15, 0.2) is 0 Å². The number of rotatable bonds is 2. The number of para-hydroxylation sites is 1. The number of hydrogen-bond donors (Lipinski definition) is 1. The minimum Gasteiger partial charge on any atom is -0.385 e. The van der Waals surface area contributed by atoms with Crippen LogP contribution in [-0.2, 0) is 4.79 Å². The van der Waals surface area contributed by atoms with Crippen LogP contribution < -0.4 is 10.2 Å². The number of carbonyl (C=O) groups is 1. The molecule has 0 bridgehead atoms. The molecule has 2 aromatic rings. The first-order chi connectivity index (χ1) is 9.77. The maximum atomic E-state index is 12.7. The molecule has 0 saturated carbocycles. The van der Waals surface area contributed by atoms with Crippen LogP contribution in [0.2, 0.25) is 0 Å². The molecule has 4 heteroatoms. The molecule has 1 atom stereocenters. The van der Waals surface area contributed by atoms with Gasteiger partial charge in [-0.2, -0.15) is 0 Å². The van der Waals surface area contributed by atoms with E-state index in [4.69, 9.17) is 0 Å². The van der Waals surface area contributed by atoms with Crippen molar-refractivity contribution in [2.45, 2.75) is 12.3 Å². The smallest absolute Gasteiger partial charge is 0.234 e. The number of likely N-dealkylation sites (N-methyl/N-ethyl adjacent to an activating group) is 1. The number of pyridine rings is 1. The number of aromatic nitrogens is 1. The topological polar surface area (TPSA) is 45.2 Å². The summed E-state index contributed by atoms with van der Waals surface area (Å²) in [5.41, 5.74) is 3.03. The Hall–Kier alpha value is -2.36. The van der Waals surface area contributed by atoms with E-state index in [2.05, 4.69) is 10.3 Å². The lowest BCUT2D eigenvalue weighted by molar-refractivity contribution is -0.119. The molecule has 3 rings (SSSR count). The van der Waals surface area contributed by atoms with Crippen LogP contribution in [0.4, 0.5) is 11.4 Å². The van der Waals surface area contributed by atoms with Gasteiger partial charge >= 0.3 is 0 Å². The molecule has 0 aliphatic carbocycles. The van der Waals surface area contributed by atoms with Crippen LogP contribution in [0.1, 0.15) is 17.9 Å². The van der Waals surface area contributed by atoms with Crippen LogP contribution >= 0.6 is 0 Å². The molecular formula is C16H17N3O. The molecule has 0 fully saturated rings. The lowest BCUT2D eigenvalue weighted by Gasteiger charge is -2.29. The van der Waals surface area contributed by atoms with Crippen LogP contribution in [0.3, 0.4) is 0 Å². The quantitative estimate of drug-likeness (QED) is 0.909. The Morgan fingerprint density at radius 3 is 2.80 bits per heavy atom. The molecule has 1 aliphatic heterocycles. The Bertz CT molecular complexity index is 612. The average Bonchev–Trinajstić information content (AvgIpc) is 2.54. The first-order valence-corrected chi connectivity index (χ1v) is 6.78. The minimum absolute atomic E-state index is 0.0781. The van der Waals surface area contributed by atoms with E-state index in [9.17, 15) is 4.79 Å². The summed E-state index contributed by atoms with van der Waals surface area (Å²) in [7, 11) is 1.82. The highest BCUT2D eigenvalue weighted by Crippen LogP contribution is 2.33. The predicted octanol–water partition coefficient (Wildman–Crippen LogP) is 2.64. The number of nitrogens with one attached hydrogen (secondary N) is 1. The zero-order valence-electron chi connectivity index (χ0n) is 11.4. The number of amides is 1. The van der Waals surface area contributed by atoms with Crippen molar-refractivity contribution in [3.8, 4) is 0 Å². The van der Waals surface area contributed by atoms with E-state index >= 15 is 0 Å². The summed E-state index contributed by atoms with van der Waals surface area (Å²) in [5.74, 6) is 0.0516. The third-order valence-corrected chi connectivity index (χ3v) is 3.76. The van der Waals surface area contributed by atoms with Crippen molar-refractivity contribution < 1.29 is 4.79 Å². The molecule has 20 heavy (non-hydrogen) atoms. The molecule has 102 valence electrons. The number of nitrogens with zero attached hydrogens (tertiary/aromatic N) is 2. The van der Waals surface area contributed by atoms with Crippen molar-refractivity contribution in [1.82, 2.24) is 4.98 Å². The van der Waals surface area contributed by atoms with Crippen LogP contribution in [0.5, 0.6) is 0 Å². The van der Waals surface area contributed by atoms with Gasteiger partial charge in [0, 0.05) is 37.4 Å². The Labute approximate surface area is 118 Å². The van der Waals surface area contributed by atoms with Gasteiger partial charge in [-0.05, 0) is 30.2 Å². The van der Waals surface area contributed by atoms with Crippen LogP contribution in [0.25, 0.3) is 0 Å². The van der Waals surface area contributed by atoms with E-state index in [0.717, 1.165) is 29.9 Å². The number of fused-ring (bicyclic) bond motifs is 1. The Balaban J connectivity index is 1.89. The highest BCUT2D eigenvalue weighted by Gasteiger charge is 2.28. The van der Waals surface area contributed by atoms with Crippen LogP contribution in [-0.4, -0.2) is 24.5 Å². The first-order valence-electron chi connectivity index (χ1n) is 6.78. The van der Waals surface area contributed by atoms with Gasteiger partial charge in [-0.1, -0.05) is 18.2 Å². The lowest BCUT2D eigenvalue weighted by Crippen LogP contribution is -2.34. The van der Waals surface area contributed by atoms with Gasteiger partial charge in [0.25, 0.3) is 0 Å². The van der Waals surface area contributed by atoms with E-state index in [1.807, 2.05) is 43.4 Å². The van der Waals surface area contributed by atoms with Crippen molar-refractivity contribution in [2.75, 3.05) is 23.8 Å². The monoisotopic (exact) mass is 267 g/mol. The molecule has 0 radical (unpaired) electrons. The average molecular weight is 267 g/mol. The van der Waals surface area contributed by atoms with E-state index in [-0.39, 0.29) is 11.8 Å². The van der Waals surface area contributed by atoms with E-state index < -0.39 is 0 Å². The standard InChI is InChI=1S/C16H17N3O/c1-19(12-6-9-17-10-7-12)16(20)14-8-11-18-15-5-3-2-4-13(14)15/h2-7,9-10,14,18H,8,11H2,1H3. The van der Waals surface area contributed by atoms with Gasteiger partial charge in [-0.25, -0.2) is 0 Å². The largest absolute Gasteiger partial charge is 0.385 e. The summed E-state index contributed by atoms with van der Waals surface area (Å²) in [4.78, 5) is 18.4. The van der Waals surface area contributed by atoms with Crippen molar-refractivity contribution in [2.24, 2.45) is 0 Å². The van der Waals surface area contributed by atoms with Crippen molar-refractivity contribution >= 4 is 17.3 Å². The van der Waals surface area contributed by atoms with Crippen molar-refractivity contribution in [3.63, 3.8) is 0 Å². The van der Waals surface area contributed by atoms with Gasteiger partial charge < -0.3 is 10.2 Å². The van der Waals surface area contributed by atoms with Gasteiger partial charge in [0.05, 0.1) is 5.92 Å². The first kappa shape index (κ1) is 12.7. The Morgan fingerprint density at radius 1 is 1.25 bits per heavy atom. The molecule has 1 aromatic heterocycles. The summed E-state index contributed by atoms with van der Waals surface area (Å²) >= 11 is 0. The highest BCUT2D eigenvalue weighted by atomic mass is 16.2. The Kier molecular flexibility index (Phi) is 3.37. The summed E-state index contributed by atoms with van der Waals surface area (Å²) < 4.78 is 0. The third-order valence-electron chi connectivity index (χ3n) is 3.76. The molecule has 0 spiro atoms. The fourth-order valence-electron chi connectivity index (χ4n) is 2.65. The number of carbonyl (C=O) groups excluding carboxylic acids is 1. The van der Waals surface area contributed by atoms with Crippen LogP contribution in [0, 0.1) is 0 Å². The predicted molar refractivity (Wildman–Crippen MR) is 79.9 cm³/mol. The number of hydrogen-bond acceptors (Lipinski definition) is 3. The molecule has 4 nitrogen and oxygen atoms in total. The van der Waals surface area contributed by atoms with Gasteiger partial charge in [-0.3, -0.25) is 9.78 Å². The SMILES string of the molecule is CN(C(=O)C1CCNc2ccccc21)c1ccncc1. The molecule has 2 heterocycles. The normalized spacial score (nSPS) is 16.9. The van der Waals surface area contributed by atoms with E-state index in [1.54, 1.807) is 17.3 Å². The highest BCUT2D eigenvalue weighted by molar-refractivity contribution is 5.98. The minimum atomic E-state index is -0.0781. The van der Waals surface area contributed by atoms with Gasteiger partial charge in [0.2, 0.25) is 5.91 Å². The molecule has 1 amide bonds. The molecular weight excluding hydrogens is 250 g/mol. The van der Waals surface area contributed by atoms with Gasteiger partial charge in [-0.15, -0.1) is 0 Å². The number of benzene rings is 1. The van der Waals surface area contributed by atoms with Crippen molar-refractivity contribution in [1.29, 1.82) is 0 Å². The summed E-state index contributed by atoms with van der Waals surface area (Å²) in [6, 6.07) is 11.7. The fourth-order valence-corrected chi connectivity index (χ4v) is 2.65. The molecule has 0 saturated heterocycles. The third kappa shape index (κ3) is 2.25. The second kappa shape index (κ2) is 5.33. The summed E-state index contributed by atoms with van der Waals surface area (Å²) in [5, 5.41) is 3.35.